The Morgan fingerprint density at radius 2 is 1.32 bits per heavy atom. The number of benzene rings is 2. The molecule has 0 aliphatic rings. The second-order valence-electron chi connectivity index (χ2n) is 5.38. The number of carbonyl (C=O) groups is 2. The predicted octanol–water partition coefficient (Wildman–Crippen LogP) is 2.17. The van der Waals surface area contributed by atoms with Gasteiger partial charge in [-0.1, -0.05) is 18.2 Å². The first-order valence-electron chi connectivity index (χ1n) is 7.91. The van der Waals surface area contributed by atoms with Crippen molar-refractivity contribution in [3.63, 3.8) is 0 Å². The maximum absolute atomic E-state index is 12.3. The molecule has 0 atom stereocenters. The first-order chi connectivity index (χ1) is 12.1. The fourth-order valence-electron chi connectivity index (χ4n) is 2.36. The summed E-state index contributed by atoms with van der Waals surface area (Å²) in [6.45, 7) is 2.51. The van der Waals surface area contributed by atoms with Crippen molar-refractivity contribution in [2.75, 3.05) is 27.3 Å². The van der Waals surface area contributed by atoms with E-state index < -0.39 is 0 Å². The van der Waals surface area contributed by atoms with E-state index in [0.29, 0.717) is 35.7 Å². The molecule has 2 aromatic rings. The molecule has 132 valence electrons. The second-order valence-corrected chi connectivity index (χ2v) is 5.38. The van der Waals surface area contributed by atoms with E-state index in [1.807, 2.05) is 13.0 Å². The number of nitrogens with one attached hydrogen (secondary N) is 2. The SMILES string of the molecule is COc1cc(C(=O)NCCNC(=O)c2ccccc2)cc(OC)c1C. The van der Waals surface area contributed by atoms with Crippen LogP contribution in [0.3, 0.4) is 0 Å². The molecule has 0 bridgehead atoms. The van der Waals surface area contributed by atoms with Gasteiger partial charge in [-0.3, -0.25) is 9.59 Å². The van der Waals surface area contributed by atoms with Crippen molar-refractivity contribution in [3.8, 4) is 11.5 Å². The summed E-state index contributed by atoms with van der Waals surface area (Å²) in [7, 11) is 3.09. The minimum absolute atomic E-state index is 0.173. The van der Waals surface area contributed by atoms with Gasteiger partial charge in [0.1, 0.15) is 11.5 Å². The smallest absolute Gasteiger partial charge is 0.251 e. The molecule has 2 amide bonds. The van der Waals surface area contributed by atoms with E-state index in [-0.39, 0.29) is 11.8 Å². The molecule has 0 aliphatic heterocycles. The average Bonchev–Trinajstić information content (AvgIpc) is 2.65. The monoisotopic (exact) mass is 342 g/mol. The van der Waals surface area contributed by atoms with Crippen LogP contribution in [0.1, 0.15) is 26.3 Å². The number of hydrogen-bond acceptors (Lipinski definition) is 4. The lowest BCUT2D eigenvalue weighted by Gasteiger charge is -2.13. The largest absolute Gasteiger partial charge is 0.496 e. The van der Waals surface area contributed by atoms with Crippen molar-refractivity contribution in [3.05, 3.63) is 59.2 Å². The molecule has 2 rings (SSSR count). The fraction of sp³-hybridized carbons (Fsp3) is 0.263. The molecule has 0 radical (unpaired) electrons. The van der Waals surface area contributed by atoms with Crippen molar-refractivity contribution in [1.82, 2.24) is 10.6 Å². The summed E-state index contributed by atoms with van der Waals surface area (Å²) in [4.78, 5) is 24.2. The van der Waals surface area contributed by atoms with Crippen LogP contribution in [0.25, 0.3) is 0 Å². The van der Waals surface area contributed by atoms with Gasteiger partial charge in [-0.15, -0.1) is 0 Å². The lowest BCUT2D eigenvalue weighted by molar-refractivity contribution is 0.0927. The Hall–Kier alpha value is -3.02. The Labute approximate surface area is 147 Å². The third kappa shape index (κ3) is 4.73. The molecule has 0 heterocycles. The van der Waals surface area contributed by atoms with Gasteiger partial charge in [-0.05, 0) is 31.2 Å². The lowest BCUT2D eigenvalue weighted by atomic mass is 10.1. The molecule has 6 nitrogen and oxygen atoms in total. The van der Waals surface area contributed by atoms with Crippen LogP contribution in [-0.2, 0) is 0 Å². The molecule has 0 saturated heterocycles. The topological polar surface area (TPSA) is 76.7 Å². The summed E-state index contributed by atoms with van der Waals surface area (Å²) in [5, 5.41) is 5.52. The van der Waals surface area contributed by atoms with Crippen LogP contribution in [0, 0.1) is 6.92 Å². The van der Waals surface area contributed by atoms with E-state index in [1.54, 1.807) is 50.6 Å². The Morgan fingerprint density at radius 1 is 0.840 bits per heavy atom. The van der Waals surface area contributed by atoms with Crippen LogP contribution in [0.2, 0.25) is 0 Å². The fourth-order valence-corrected chi connectivity index (χ4v) is 2.36. The number of amides is 2. The second kappa shape index (κ2) is 8.73. The third-order valence-corrected chi connectivity index (χ3v) is 3.75. The summed E-state index contributed by atoms with van der Waals surface area (Å²) in [6, 6.07) is 12.2. The van der Waals surface area contributed by atoms with E-state index in [1.165, 1.54) is 0 Å². The molecule has 2 aromatic carbocycles. The van der Waals surface area contributed by atoms with Crippen molar-refractivity contribution in [1.29, 1.82) is 0 Å². The molecular formula is C19H22N2O4. The summed E-state index contributed by atoms with van der Waals surface area (Å²) in [5.74, 6) is 0.739. The van der Waals surface area contributed by atoms with Gasteiger partial charge in [0.25, 0.3) is 11.8 Å². The molecule has 0 fully saturated rings. The quantitative estimate of drug-likeness (QED) is 0.756. The first kappa shape index (κ1) is 18.3. The van der Waals surface area contributed by atoms with Crippen molar-refractivity contribution < 1.29 is 19.1 Å². The Kier molecular flexibility index (Phi) is 6.39. The van der Waals surface area contributed by atoms with Gasteiger partial charge >= 0.3 is 0 Å². The van der Waals surface area contributed by atoms with Crippen LogP contribution >= 0.6 is 0 Å². The van der Waals surface area contributed by atoms with Crippen LogP contribution in [-0.4, -0.2) is 39.1 Å². The molecule has 0 aromatic heterocycles. The van der Waals surface area contributed by atoms with Crippen LogP contribution in [0.15, 0.2) is 42.5 Å². The van der Waals surface area contributed by atoms with Crippen LogP contribution < -0.4 is 20.1 Å². The normalized spacial score (nSPS) is 10.0. The summed E-state index contributed by atoms with van der Waals surface area (Å²) < 4.78 is 10.5. The van der Waals surface area contributed by atoms with Crippen LogP contribution in [0.5, 0.6) is 11.5 Å². The molecular weight excluding hydrogens is 320 g/mol. The van der Waals surface area contributed by atoms with Crippen molar-refractivity contribution >= 4 is 11.8 Å². The highest BCUT2D eigenvalue weighted by atomic mass is 16.5. The van der Waals surface area contributed by atoms with E-state index >= 15 is 0 Å². The van der Waals surface area contributed by atoms with Gasteiger partial charge in [-0.2, -0.15) is 0 Å². The summed E-state index contributed by atoms with van der Waals surface area (Å²) >= 11 is 0. The highest BCUT2D eigenvalue weighted by Gasteiger charge is 2.13. The molecule has 0 spiro atoms. The first-order valence-corrected chi connectivity index (χ1v) is 7.91. The number of carbonyl (C=O) groups excluding carboxylic acids is 2. The van der Waals surface area contributed by atoms with E-state index in [9.17, 15) is 9.59 Å². The molecule has 25 heavy (non-hydrogen) atoms. The van der Waals surface area contributed by atoms with Crippen LogP contribution in [0.4, 0.5) is 0 Å². The molecule has 0 aliphatic carbocycles. The highest BCUT2D eigenvalue weighted by Crippen LogP contribution is 2.29. The van der Waals surface area contributed by atoms with E-state index in [2.05, 4.69) is 10.6 Å². The Balaban J connectivity index is 1.89. The zero-order valence-corrected chi connectivity index (χ0v) is 14.6. The van der Waals surface area contributed by atoms with Crippen molar-refractivity contribution in [2.45, 2.75) is 6.92 Å². The summed E-state index contributed by atoms with van der Waals surface area (Å²) in [5.41, 5.74) is 1.85. The van der Waals surface area contributed by atoms with E-state index in [4.69, 9.17) is 9.47 Å². The molecule has 6 heteroatoms. The lowest BCUT2D eigenvalue weighted by Crippen LogP contribution is -2.34. The highest BCUT2D eigenvalue weighted by molar-refractivity contribution is 5.96. The third-order valence-electron chi connectivity index (χ3n) is 3.75. The zero-order chi connectivity index (χ0) is 18.2. The van der Waals surface area contributed by atoms with Gasteiger partial charge in [-0.25, -0.2) is 0 Å². The van der Waals surface area contributed by atoms with Gasteiger partial charge < -0.3 is 20.1 Å². The minimum Gasteiger partial charge on any atom is -0.496 e. The summed E-state index contributed by atoms with van der Waals surface area (Å²) in [6.07, 6.45) is 0. The van der Waals surface area contributed by atoms with E-state index in [0.717, 1.165) is 5.56 Å². The predicted molar refractivity (Wildman–Crippen MR) is 95.4 cm³/mol. The van der Waals surface area contributed by atoms with Gasteiger partial charge in [0.05, 0.1) is 14.2 Å². The Morgan fingerprint density at radius 3 is 1.80 bits per heavy atom. The Bertz CT molecular complexity index is 719. The molecule has 0 saturated carbocycles. The van der Waals surface area contributed by atoms with Gasteiger partial charge in [0.2, 0.25) is 0 Å². The van der Waals surface area contributed by atoms with Crippen molar-refractivity contribution in [2.24, 2.45) is 0 Å². The maximum atomic E-state index is 12.3. The number of rotatable bonds is 7. The number of methoxy groups -OCH3 is 2. The minimum atomic E-state index is -0.259. The van der Waals surface area contributed by atoms with Gasteiger partial charge in [0, 0.05) is 29.8 Å². The molecule has 0 unspecified atom stereocenters. The van der Waals surface area contributed by atoms with Gasteiger partial charge in [0.15, 0.2) is 0 Å². The maximum Gasteiger partial charge on any atom is 0.251 e. The average molecular weight is 342 g/mol. The zero-order valence-electron chi connectivity index (χ0n) is 14.6. The number of ether oxygens (including phenoxy) is 2. The molecule has 2 N–H and O–H groups in total. The standard InChI is InChI=1S/C19H22N2O4/c1-13-16(24-2)11-15(12-17(13)25-3)19(23)21-10-9-20-18(22)14-7-5-4-6-8-14/h4-8,11-12H,9-10H2,1-3H3,(H,20,22)(H,21,23). The number of hydrogen-bond donors (Lipinski definition) is 2.